The third-order valence-electron chi connectivity index (χ3n) is 2.07. The monoisotopic (exact) mass is 209 g/mol. The van der Waals surface area contributed by atoms with Crippen molar-refractivity contribution in [3.8, 4) is 0 Å². The molecular formula is C8H20ClN3O. The van der Waals surface area contributed by atoms with Crippen LogP contribution in [0.1, 0.15) is 27.2 Å². The molecule has 0 spiro atoms. The summed E-state index contributed by atoms with van der Waals surface area (Å²) in [4.78, 5) is 2.26. The van der Waals surface area contributed by atoms with E-state index in [-0.39, 0.29) is 12.4 Å². The molecule has 5 heteroatoms. The summed E-state index contributed by atoms with van der Waals surface area (Å²) in [6.07, 6.45) is 0.623. The van der Waals surface area contributed by atoms with E-state index in [0.717, 1.165) is 13.1 Å². The minimum absolute atomic E-state index is 0. The summed E-state index contributed by atoms with van der Waals surface area (Å²) >= 11 is 0. The molecule has 0 rings (SSSR count). The average Bonchev–Trinajstić information content (AvgIpc) is 2.06. The minimum Gasteiger partial charge on any atom is -0.409 e. The highest BCUT2D eigenvalue weighted by molar-refractivity contribution is 5.85. The highest BCUT2D eigenvalue weighted by atomic mass is 35.5. The van der Waals surface area contributed by atoms with Crippen LogP contribution in [-0.2, 0) is 0 Å². The van der Waals surface area contributed by atoms with E-state index in [1.807, 2.05) is 0 Å². The number of halogens is 1. The molecule has 0 aromatic heterocycles. The number of hydrogen-bond donors (Lipinski definition) is 2. The molecule has 0 aromatic rings. The Labute approximate surface area is 86.2 Å². The smallest absolute Gasteiger partial charge is 0.140 e. The topological polar surface area (TPSA) is 61.8 Å². The van der Waals surface area contributed by atoms with Gasteiger partial charge in [0.1, 0.15) is 5.84 Å². The number of hydrogen-bond acceptors (Lipinski definition) is 3. The quantitative estimate of drug-likeness (QED) is 0.310. The van der Waals surface area contributed by atoms with Gasteiger partial charge in [0.2, 0.25) is 0 Å². The summed E-state index contributed by atoms with van der Waals surface area (Å²) in [5.74, 6) is 0.300. The summed E-state index contributed by atoms with van der Waals surface area (Å²) < 4.78 is 0. The second kappa shape index (κ2) is 8.13. The lowest BCUT2D eigenvalue weighted by Gasteiger charge is -2.25. The first-order valence-electron chi connectivity index (χ1n) is 4.36. The van der Waals surface area contributed by atoms with Gasteiger partial charge in [-0.15, -0.1) is 12.4 Å². The van der Waals surface area contributed by atoms with E-state index in [9.17, 15) is 0 Å². The fraction of sp³-hybridized carbons (Fsp3) is 0.875. The van der Waals surface area contributed by atoms with Gasteiger partial charge in [0.15, 0.2) is 0 Å². The molecule has 0 radical (unpaired) electrons. The van der Waals surface area contributed by atoms with Crippen LogP contribution in [0.4, 0.5) is 0 Å². The zero-order chi connectivity index (χ0) is 9.56. The van der Waals surface area contributed by atoms with Crippen LogP contribution >= 0.6 is 12.4 Å². The molecule has 0 heterocycles. The second-order valence-corrected chi connectivity index (χ2v) is 2.87. The first kappa shape index (κ1) is 15.0. The molecular weight excluding hydrogens is 190 g/mol. The van der Waals surface area contributed by atoms with Crippen molar-refractivity contribution in [1.29, 1.82) is 0 Å². The Kier molecular flexibility index (Phi) is 9.39. The highest BCUT2D eigenvalue weighted by Gasteiger charge is 2.11. The molecule has 0 bridgehead atoms. The van der Waals surface area contributed by atoms with Gasteiger partial charge < -0.3 is 15.8 Å². The fourth-order valence-electron chi connectivity index (χ4n) is 1.32. The van der Waals surface area contributed by atoms with Crippen LogP contribution in [0.2, 0.25) is 0 Å². The van der Waals surface area contributed by atoms with Gasteiger partial charge >= 0.3 is 0 Å². The molecule has 0 aliphatic carbocycles. The lowest BCUT2D eigenvalue weighted by Crippen LogP contribution is -2.35. The van der Waals surface area contributed by atoms with Crippen LogP contribution in [0, 0.1) is 0 Å². The number of amidine groups is 1. The van der Waals surface area contributed by atoms with Crippen molar-refractivity contribution in [2.75, 3.05) is 13.1 Å². The molecule has 0 saturated heterocycles. The van der Waals surface area contributed by atoms with Crippen molar-refractivity contribution in [3.63, 3.8) is 0 Å². The first-order valence-corrected chi connectivity index (χ1v) is 4.36. The van der Waals surface area contributed by atoms with E-state index in [1.165, 1.54) is 0 Å². The largest absolute Gasteiger partial charge is 0.409 e. The van der Waals surface area contributed by atoms with Crippen molar-refractivity contribution < 1.29 is 5.21 Å². The fourth-order valence-corrected chi connectivity index (χ4v) is 1.32. The van der Waals surface area contributed by atoms with Crippen molar-refractivity contribution in [1.82, 2.24) is 4.90 Å². The summed E-state index contributed by atoms with van der Waals surface area (Å²) in [5.41, 5.74) is 5.39. The van der Waals surface area contributed by atoms with Crippen molar-refractivity contribution in [2.45, 2.75) is 33.2 Å². The molecule has 3 N–H and O–H groups in total. The Morgan fingerprint density at radius 3 is 2.23 bits per heavy atom. The van der Waals surface area contributed by atoms with E-state index in [1.54, 1.807) is 0 Å². The molecule has 0 fully saturated rings. The first-order chi connectivity index (χ1) is 5.65. The zero-order valence-electron chi connectivity index (χ0n) is 8.53. The lowest BCUT2D eigenvalue weighted by molar-refractivity contribution is 0.233. The minimum atomic E-state index is 0. The van der Waals surface area contributed by atoms with Crippen LogP contribution in [0.15, 0.2) is 5.16 Å². The van der Waals surface area contributed by atoms with Gasteiger partial charge in [-0.1, -0.05) is 19.0 Å². The molecule has 0 amide bonds. The molecule has 13 heavy (non-hydrogen) atoms. The van der Waals surface area contributed by atoms with Gasteiger partial charge in [0.25, 0.3) is 0 Å². The van der Waals surface area contributed by atoms with E-state index in [0.29, 0.717) is 18.3 Å². The molecule has 0 aliphatic heterocycles. The van der Waals surface area contributed by atoms with Gasteiger partial charge in [-0.3, -0.25) is 0 Å². The summed E-state index contributed by atoms with van der Waals surface area (Å²) in [6.45, 7) is 8.27. The molecule has 4 nitrogen and oxygen atoms in total. The normalized spacial score (nSPS) is 14.0. The Balaban J connectivity index is 0. The van der Waals surface area contributed by atoms with E-state index >= 15 is 0 Å². The van der Waals surface area contributed by atoms with Gasteiger partial charge in [-0.25, -0.2) is 0 Å². The number of oxime groups is 1. The van der Waals surface area contributed by atoms with Gasteiger partial charge in [-0.05, 0) is 20.0 Å². The van der Waals surface area contributed by atoms with E-state index in [4.69, 9.17) is 10.9 Å². The molecule has 0 saturated carbocycles. The standard InChI is InChI=1S/C8H19N3O.ClH/c1-4-11(5-2)7(3)6-8(9)10-12;/h7,12H,4-6H2,1-3H3,(H2,9,10);1H. The lowest BCUT2D eigenvalue weighted by atomic mass is 10.2. The predicted octanol–water partition coefficient (Wildman–Crippen LogP) is 1.27. The van der Waals surface area contributed by atoms with Crippen molar-refractivity contribution >= 4 is 18.2 Å². The van der Waals surface area contributed by atoms with Crippen LogP contribution < -0.4 is 5.73 Å². The third kappa shape index (κ3) is 5.71. The number of rotatable bonds is 5. The van der Waals surface area contributed by atoms with Gasteiger partial charge in [-0.2, -0.15) is 0 Å². The van der Waals surface area contributed by atoms with Crippen LogP contribution in [0.5, 0.6) is 0 Å². The van der Waals surface area contributed by atoms with E-state index < -0.39 is 0 Å². The average molecular weight is 210 g/mol. The van der Waals surface area contributed by atoms with Gasteiger partial charge in [0, 0.05) is 12.5 Å². The van der Waals surface area contributed by atoms with Crippen molar-refractivity contribution in [3.05, 3.63) is 0 Å². The summed E-state index contributed by atoms with van der Waals surface area (Å²) in [5, 5.41) is 11.3. The SMILES string of the molecule is CCN(CC)C(C)C/C(N)=N/O.Cl. The third-order valence-corrected chi connectivity index (χ3v) is 2.07. The Bertz CT molecular complexity index is 148. The molecule has 0 aromatic carbocycles. The van der Waals surface area contributed by atoms with Crippen LogP contribution in [0.3, 0.4) is 0 Å². The maximum atomic E-state index is 8.36. The summed E-state index contributed by atoms with van der Waals surface area (Å²) in [6, 6.07) is 0.343. The maximum absolute atomic E-state index is 8.36. The van der Waals surface area contributed by atoms with Crippen LogP contribution in [0.25, 0.3) is 0 Å². The molecule has 1 unspecified atom stereocenters. The Morgan fingerprint density at radius 1 is 1.46 bits per heavy atom. The maximum Gasteiger partial charge on any atom is 0.140 e. The van der Waals surface area contributed by atoms with Crippen LogP contribution in [-0.4, -0.2) is 35.1 Å². The summed E-state index contributed by atoms with van der Waals surface area (Å²) in [7, 11) is 0. The second-order valence-electron chi connectivity index (χ2n) is 2.87. The van der Waals surface area contributed by atoms with Crippen molar-refractivity contribution in [2.24, 2.45) is 10.9 Å². The Morgan fingerprint density at radius 2 is 1.92 bits per heavy atom. The molecule has 0 aliphatic rings. The number of nitrogens with zero attached hydrogens (tertiary/aromatic N) is 2. The van der Waals surface area contributed by atoms with Gasteiger partial charge in [0.05, 0.1) is 0 Å². The number of nitrogens with two attached hydrogens (primary N) is 1. The predicted molar refractivity (Wildman–Crippen MR) is 57.7 cm³/mol. The highest BCUT2D eigenvalue weighted by Crippen LogP contribution is 2.02. The Hall–Kier alpha value is -0.480. The van der Waals surface area contributed by atoms with E-state index in [2.05, 4.69) is 30.8 Å². The zero-order valence-corrected chi connectivity index (χ0v) is 9.34. The molecule has 80 valence electrons. The molecule has 1 atom stereocenters.